The minimum absolute atomic E-state index is 0.0352. The summed E-state index contributed by atoms with van der Waals surface area (Å²) in [5, 5.41) is 7.89. The number of rotatable bonds is 10. The molecule has 1 unspecified atom stereocenters. The zero-order chi connectivity index (χ0) is 15.7. The number of aliphatic carboxylic acids is 1. The second-order valence-electron chi connectivity index (χ2n) is 5.30. The Morgan fingerprint density at radius 2 is 1.71 bits per heavy atom. The van der Waals surface area contributed by atoms with Crippen molar-refractivity contribution in [2.24, 2.45) is 0 Å². The Labute approximate surface area is 127 Å². The summed E-state index contributed by atoms with van der Waals surface area (Å²) in [6.07, 6.45) is 4.60. The average molecular weight is 312 g/mol. The lowest BCUT2D eigenvalue weighted by molar-refractivity contribution is -0.136. The van der Waals surface area contributed by atoms with Gasteiger partial charge in [-0.15, -0.1) is 0 Å². The van der Waals surface area contributed by atoms with Gasteiger partial charge in [-0.3, -0.25) is 4.79 Å². The molecule has 21 heavy (non-hydrogen) atoms. The lowest BCUT2D eigenvalue weighted by atomic mass is 10.1. The van der Waals surface area contributed by atoms with Gasteiger partial charge in [0.25, 0.3) is 0 Å². The minimum Gasteiger partial charge on any atom is -0.480 e. The fraction of sp³-hybridized carbons (Fsp3) is 0.562. The van der Waals surface area contributed by atoms with Crippen LogP contribution < -0.4 is 0 Å². The molecule has 1 N–H and O–H groups in total. The molecular weight excluding hydrogens is 288 g/mol. The monoisotopic (exact) mass is 312 g/mol. The second kappa shape index (κ2) is 8.82. The van der Waals surface area contributed by atoms with Crippen LogP contribution in [0.1, 0.15) is 44.6 Å². The average Bonchev–Trinajstić information content (AvgIpc) is 2.45. The number of benzene rings is 1. The smallest absolute Gasteiger partial charge is 0.322 e. The van der Waals surface area contributed by atoms with Gasteiger partial charge < -0.3 is 5.11 Å². The van der Waals surface area contributed by atoms with Crippen LogP contribution in [0.4, 0.5) is 0 Å². The summed E-state index contributed by atoms with van der Waals surface area (Å²) in [5.41, 5.74) is 0.736. The summed E-state index contributed by atoms with van der Waals surface area (Å²) < 4.78 is 24.5. The molecule has 1 rings (SSSR count). The second-order valence-corrected chi connectivity index (χ2v) is 7.60. The largest absolute Gasteiger partial charge is 0.480 e. The Hall–Kier alpha value is -1.36. The predicted molar refractivity (Wildman–Crippen MR) is 84.1 cm³/mol. The highest BCUT2D eigenvalue weighted by Gasteiger charge is 2.31. The molecule has 0 fully saturated rings. The van der Waals surface area contributed by atoms with Gasteiger partial charge in [-0.2, -0.15) is 0 Å². The number of carboxylic acid groups (broad SMARTS) is 1. The molecule has 0 bridgehead atoms. The normalized spacial score (nSPS) is 13.0. The van der Waals surface area contributed by atoms with Crippen LogP contribution in [0.3, 0.4) is 0 Å². The van der Waals surface area contributed by atoms with Gasteiger partial charge >= 0.3 is 5.97 Å². The molecule has 1 aromatic rings. The molecule has 0 saturated carbocycles. The molecule has 0 heterocycles. The molecule has 1 atom stereocenters. The van der Waals surface area contributed by atoms with E-state index in [1.54, 1.807) is 24.3 Å². The topological polar surface area (TPSA) is 71.4 Å². The Morgan fingerprint density at radius 1 is 1.10 bits per heavy atom. The highest BCUT2D eigenvalue weighted by molar-refractivity contribution is 7.92. The van der Waals surface area contributed by atoms with E-state index >= 15 is 0 Å². The molecule has 0 saturated heterocycles. The molecule has 0 aliphatic rings. The van der Waals surface area contributed by atoms with E-state index in [1.807, 2.05) is 6.07 Å². The maximum atomic E-state index is 12.2. The fourth-order valence-electron chi connectivity index (χ4n) is 2.25. The molecule has 0 spiro atoms. The van der Waals surface area contributed by atoms with Crippen LogP contribution in [0, 0.1) is 0 Å². The van der Waals surface area contributed by atoms with E-state index in [4.69, 9.17) is 0 Å². The van der Waals surface area contributed by atoms with Gasteiger partial charge in [0, 0.05) is 0 Å². The zero-order valence-corrected chi connectivity index (χ0v) is 13.3. The van der Waals surface area contributed by atoms with Crippen molar-refractivity contribution < 1.29 is 18.3 Å². The van der Waals surface area contributed by atoms with Gasteiger partial charge in [-0.05, 0) is 18.4 Å². The summed E-state index contributed by atoms with van der Waals surface area (Å²) in [7, 11) is -3.61. The third-order valence-corrected chi connectivity index (χ3v) is 5.60. The van der Waals surface area contributed by atoms with Crippen LogP contribution in [0.25, 0.3) is 0 Å². The van der Waals surface area contributed by atoms with Crippen LogP contribution in [-0.4, -0.2) is 30.5 Å². The Bertz CT molecular complexity index is 522. The summed E-state index contributed by atoms with van der Waals surface area (Å²) >= 11 is 0. The Morgan fingerprint density at radius 3 is 2.29 bits per heavy atom. The molecule has 118 valence electrons. The van der Waals surface area contributed by atoms with E-state index in [0.717, 1.165) is 31.2 Å². The van der Waals surface area contributed by atoms with Crippen LogP contribution >= 0.6 is 0 Å². The van der Waals surface area contributed by atoms with E-state index in [1.165, 1.54) is 0 Å². The fourth-order valence-corrected chi connectivity index (χ4v) is 3.89. The van der Waals surface area contributed by atoms with E-state index in [9.17, 15) is 18.3 Å². The molecular formula is C16H24O4S. The molecule has 0 aromatic heterocycles. The Balaban J connectivity index is 2.64. The molecule has 0 aliphatic heterocycles. The maximum Gasteiger partial charge on any atom is 0.322 e. The predicted octanol–water partition coefficient (Wildman–Crippen LogP) is 3.07. The number of hydrogen-bond donors (Lipinski definition) is 1. The van der Waals surface area contributed by atoms with Gasteiger partial charge in [0.05, 0.1) is 5.75 Å². The summed E-state index contributed by atoms with van der Waals surface area (Å²) in [6, 6.07) is 8.90. The van der Waals surface area contributed by atoms with Crippen molar-refractivity contribution in [3.63, 3.8) is 0 Å². The third-order valence-electron chi connectivity index (χ3n) is 3.51. The van der Waals surface area contributed by atoms with Crippen molar-refractivity contribution in [2.75, 3.05) is 5.75 Å². The molecule has 0 amide bonds. The molecule has 0 aliphatic carbocycles. The summed E-state index contributed by atoms with van der Waals surface area (Å²) in [4.78, 5) is 11.3. The first-order chi connectivity index (χ1) is 9.97. The molecule has 5 heteroatoms. The van der Waals surface area contributed by atoms with Crippen molar-refractivity contribution in [2.45, 2.75) is 50.7 Å². The van der Waals surface area contributed by atoms with E-state index in [-0.39, 0.29) is 12.2 Å². The standard InChI is InChI=1S/C16H24O4S/c1-2-3-4-5-9-12-21(19,20)15(16(17)18)13-14-10-7-6-8-11-14/h6-8,10-11,15H,2-5,9,12-13H2,1H3,(H,17,18). The molecule has 4 nitrogen and oxygen atoms in total. The SMILES string of the molecule is CCCCCCCS(=O)(=O)C(Cc1ccccc1)C(=O)O. The number of sulfone groups is 1. The van der Waals surface area contributed by atoms with Gasteiger partial charge in [0.2, 0.25) is 0 Å². The Kier molecular flexibility index (Phi) is 7.43. The van der Waals surface area contributed by atoms with Crippen molar-refractivity contribution in [1.82, 2.24) is 0 Å². The molecule has 1 aromatic carbocycles. The summed E-state index contributed by atoms with van der Waals surface area (Å²) in [6.45, 7) is 2.09. The minimum atomic E-state index is -3.61. The van der Waals surface area contributed by atoms with Crippen molar-refractivity contribution in [3.8, 4) is 0 Å². The maximum absolute atomic E-state index is 12.2. The van der Waals surface area contributed by atoms with Crippen LogP contribution in [-0.2, 0) is 21.1 Å². The first kappa shape index (κ1) is 17.7. The number of carbonyl (C=O) groups is 1. The lowest BCUT2D eigenvalue weighted by Crippen LogP contribution is -2.34. The van der Waals surface area contributed by atoms with E-state index in [2.05, 4.69) is 6.92 Å². The van der Waals surface area contributed by atoms with E-state index < -0.39 is 21.1 Å². The lowest BCUT2D eigenvalue weighted by Gasteiger charge is -2.13. The number of carboxylic acids is 1. The number of unbranched alkanes of at least 4 members (excludes halogenated alkanes) is 4. The van der Waals surface area contributed by atoms with Crippen molar-refractivity contribution in [1.29, 1.82) is 0 Å². The molecule has 0 radical (unpaired) electrons. The van der Waals surface area contributed by atoms with Crippen molar-refractivity contribution >= 4 is 15.8 Å². The zero-order valence-electron chi connectivity index (χ0n) is 12.5. The van der Waals surface area contributed by atoms with Crippen molar-refractivity contribution in [3.05, 3.63) is 35.9 Å². The van der Waals surface area contributed by atoms with Gasteiger partial charge in [-0.1, -0.05) is 62.9 Å². The summed E-state index contributed by atoms with van der Waals surface area (Å²) in [5.74, 6) is -1.30. The van der Waals surface area contributed by atoms with Crippen LogP contribution in [0.5, 0.6) is 0 Å². The van der Waals surface area contributed by atoms with Crippen LogP contribution in [0.2, 0.25) is 0 Å². The first-order valence-corrected chi connectivity index (χ1v) is 9.17. The highest BCUT2D eigenvalue weighted by atomic mass is 32.2. The van der Waals surface area contributed by atoms with Gasteiger partial charge in [-0.25, -0.2) is 8.42 Å². The quantitative estimate of drug-likeness (QED) is 0.674. The van der Waals surface area contributed by atoms with Gasteiger partial charge in [0.15, 0.2) is 15.1 Å². The van der Waals surface area contributed by atoms with Crippen LogP contribution in [0.15, 0.2) is 30.3 Å². The van der Waals surface area contributed by atoms with E-state index in [0.29, 0.717) is 6.42 Å². The highest BCUT2D eigenvalue weighted by Crippen LogP contribution is 2.14. The first-order valence-electron chi connectivity index (χ1n) is 7.45. The third kappa shape index (κ3) is 6.29. The number of hydrogen-bond acceptors (Lipinski definition) is 3. The van der Waals surface area contributed by atoms with Gasteiger partial charge in [0.1, 0.15) is 0 Å².